The standard InChI is InChI=1S/C27H19F3N4O4S/c1-2-38-25(35)19-9-11-20(12-10-19)31-16-17-8-13-23(22(14-17)34(36)37)39-26-32-21(18-6-4-3-5-7-18)15-24(33-26)27(28,29)30/h3-16H,2H2,1H3. The summed E-state index contributed by atoms with van der Waals surface area (Å²) in [4.78, 5) is 35.1. The van der Waals surface area contributed by atoms with E-state index in [-0.39, 0.29) is 28.0 Å². The zero-order valence-electron chi connectivity index (χ0n) is 20.3. The van der Waals surface area contributed by atoms with E-state index in [0.717, 1.165) is 6.07 Å². The molecule has 198 valence electrons. The molecule has 12 heteroatoms. The van der Waals surface area contributed by atoms with Gasteiger partial charge in [-0.3, -0.25) is 15.1 Å². The first-order valence-electron chi connectivity index (χ1n) is 11.4. The fourth-order valence-electron chi connectivity index (χ4n) is 3.36. The van der Waals surface area contributed by atoms with Crippen LogP contribution in [0.2, 0.25) is 0 Å². The lowest BCUT2D eigenvalue weighted by Crippen LogP contribution is -2.10. The van der Waals surface area contributed by atoms with Gasteiger partial charge < -0.3 is 4.74 Å². The highest BCUT2D eigenvalue weighted by Gasteiger charge is 2.34. The zero-order valence-corrected chi connectivity index (χ0v) is 21.1. The van der Waals surface area contributed by atoms with Gasteiger partial charge in [0.2, 0.25) is 0 Å². The number of ether oxygens (including phenoxy) is 1. The van der Waals surface area contributed by atoms with Crippen LogP contribution in [0.25, 0.3) is 11.3 Å². The number of nitrogens with zero attached hydrogens (tertiary/aromatic N) is 4. The fourth-order valence-corrected chi connectivity index (χ4v) is 4.22. The van der Waals surface area contributed by atoms with Crippen molar-refractivity contribution in [1.29, 1.82) is 0 Å². The van der Waals surface area contributed by atoms with E-state index in [1.54, 1.807) is 61.5 Å². The van der Waals surface area contributed by atoms with Crippen LogP contribution < -0.4 is 0 Å². The van der Waals surface area contributed by atoms with Gasteiger partial charge in [0.1, 0.15) is 5.69 Å². The number of rotatable bonds is 8. The van der Waals surface area contributed by atoms with Crippen LogP contribution in [0.5, 0.6) is 0 Å². The number of carbonyl (C=O) groups excluding carboxylic acids is 1. The van der Waals surface area contributed by atoms with Crippen molar-refractivity contribution in [3.8, 4) is 11.3 Å². The number of aromatic nitrogens is 2. The Labute approximate surface area is 224 Å². The molecule has 0 N–H and O–H groups in total. The number of hydrogen-bond acceptors (Lipinski definition) is 8. The number of halogens is 3. The van der Waals surface area contributed by atoms with Crippen LogP contribution in [0.1, 0.15) is 28.5 Å². The molecule has 0 aliphatic heterocycles. The molecule has 0 radical (unpaired) electrons. The number of nitro groups is 1. The monoisotopic (exact) mass is 552 g/mol. The summed E-state index contributed by atoms with van der Waals surface area (Å²) in [6.07, 6.45) is -3.34. The Kier molecular flexibility index (Phi) is 8.35. The lowest BCUT2D eigenvalue weighted by Gasteiger charge is -2.11. The number of aliphatic imine (C=N–C) groups is 1. The van der Waals surface area contributed by atoms with Gasteiger partial charge in [0.25, 0.3) is 5.69 Å². The van der Waals surface area contributed by atoms with Crippen molar-refractivity contribution in [3.05, 3.63) is 106 Å². The Balaban J connectivity index is 1.61. The molecule has 0 unspecified atom stereocenters. The molecular formula is C27H19F3N4O4S. The van der Waals surface area contributed by atoms with Crippen LogP contribution in [0, 0.1) is 10.1 Å². The van der Waals surface area contributed by atoms with Crippen molar-refractivity contribution in [2.24, 2.45) is 4.99 Å². The van der Waals surface area contributed by atoms with Crippen LogP contribution in [0.4, 0.5) is 24.5 Å². The predicted molar refractivity (Wildman–Crippen MR) is 139 cm³/mol. The molecule has 4 aromatic rings. The Morgan fingerprint density at radius 2 is 1.77 bits per heavy atom. The van der Waals surface area contributed by atoms with Gasteiger partial charge in [-0.05, 0) is 60.6 Å². The molecule has 0 aliphatic carbocycles. The van der Waals surface area contributed by atoms with E-state index in [9.17, 15) is 28.1 Å². The first-order valence-corrected chi connectivity index (χ1v) is 12.2. The summed E-state index contributed by atoms with van der Waals surface area (Å²) in [5.74, 6) is -0.461. The number of nitro benzene ring substituents is 1. The van der Waals surface area contributed by atoms with E-state index in [1.807, 2.05) is 0 Å². The number of esters is 1. The van der Waals surface area contributed by atoms with Crippen molar-refractivity contribution in [2.45, 2.75) is 23.2 Å². The molecule has 0 fully saturated rings. The van der Waals surface area contributed by atoms with Crippen LogP contribution in [-0.4, -0.2) is 33.7 Å². The van der Waals surface area contributed by atoms with Gasteiger partial charge in [0.05, 0.1) is 33.4 Å². The quantitative estimate of drug-likeness (QED) is 0.0751. The second-order valence-electron chi connectivity index (χ2n) is 7.90. The normalized spacial score (nSPS) is 11.5. The van der Waals surface area contributed by atoms with E-state index in [4.69, 9.17) is 4.74 Å². The highest BCUT2D eigenvalue weighted by Crippen LogP contribution is 2.37. The lowest BCUT2D eigenvalue weighted by molar-refractivity contribution is -0.387. The molecule has 0 amide bonds. The van der Waals surface area contributed by atoms with Gasteiger partial charge in [-0.25, -0.2) is 14.8 Å². The molecule has 0 aliphatic rings. The van der Waals surface area contributed by atoms with E-state index < -0.39 is 22.8 Å². The lowest BCUT2D eigenvalue weighted by atomic mass is 10.1. The zero-order chi connectivity index (χ0) is 28.0. The van der Waals surface area contributed by atoms with E-state index in [1.165, 1.54) is 24.4 Å². The Morgan fingerprint density at radius 3 is 2.41 bits per heavy atom. The first-order chi connectivity index (χ1) is 18.6. The summed E-state index contributed by atoms with van der Waals surface area (Å²) in [6.45, 7) is 1.95. The van der Waals surface area contributed by atoms with Crippen LogP contribution in [0.15, 0.2) is 93.9 Å². The van der Waals surface area contributed by atoms with Crippen LogP contribution in [-0.2, 0) is 10.9 Å². The molecule has 0 bridgehead atoms. The number of alkyl halides is 3. The van der Waals surface area contributed by atoms with Gasteiger partial charge in [0.15, 0.2) is 5.16 Å². The third-order valence-corrected chi connectivity index (χ3v) is 6.12. The molecule has 39 heavy (non-hydrogen) atoms. The molecule has 3 aromatic carbocycles. The van der Waals surface area contributed by atoms with Crippen LogP contribution >= 0.6 is 11.8 Å². The third kappa shape index (κ3) is 7.05. The molecular weight excluding hydrogens is 533 g/mol. The highest BCUT2D eigenvalue weighted by molar-refractivity contribution is 7.99. The Morgan fingerprint density at radius 1 is 1.05 bits per heavy atom. The van der Waals surface area contributed by atoms with Gasteiger partial charge in [-0.15, -0.1) is 0 Å². The van der Waals surface area contributed by atoms with E-state index in [0.29, 0.717) is 34.1 Å². The second-order valence-corrected chi connectivity index (χ2v) is 8.91. The van der Waals surface area contributed by atoms with Crippen LogP contribution in [0.3, 0.4) is 0 Å². The van der Waals surface area contributed by atoms with Crippen molar-refractivity contribution in [2.75, 3.05) is 6.61 Å². The van der Waals surface area contributed by atoms with Crippen molar-refractivity contribution in [3.63, 3.8) is 0 Å². The smallest absolute Gasteiger partial charge is 0.433 e. The Bertz CT molecular complexity index is 1530. The van der Waals surface area contributed by atoms with Crippen molar-refractivity contribution in [1.82, 2.24) is 9.97 Å². The summed E-state index contributed by atoms with van der Waals surface area (Å²) in [5, 5.41) is 11.5. The first kappa shape index (κ1) is 27.5. The number of carbonyl (C=O) groups is 1. The summed E-state index contributed by atoms with van der Waals surface area (Å²) in [7, 11) is 0. The molecule has 1 aromatic heterocycles. The largest absolute Gasteiger partial charge is 0.462 e. The van der Waals surface area contributed by atoms with E-state index in [2.05, 4.69) is 15.0 Å². The van der Waals surface area contributed by atoms with Gasteiger partial charge >= 0.3 is 12.1 Å². The summed E-state index contributed by atoms with van der Waals surface area (Å²) in [6, 6.07) is 19.6. The predicted octanol–water partition coefficient (Wildman–Crippen LogP) is 7.15. The van der Waals surface area contributed by atoms with Crippen molar-refractivity contribution >= 4 is 35.3 Å². The Hall–Kier alpha value is -4.58. The highest BCUT2D eigenvalue weighted by atomic mass is 32.2. The molecule has 1 heterocycles. The molecule has 0 saturated carbocycles. The minimum Gasteiger partial charge on any atom is -0.462 e. The maximum Gasteiger partial charge on any atom is 0.433 e. The number of hydrogen-bond donors (Lipinski definition) is 0. The number of benzene rings is 3. The van der Waals surface area contributed by atoms with E-state index >= 15 is 0 Å². The average Bonchev–Trinajstić information content (AvgIpc) is 2.92. The SMILES string of the molecule is CCOC(=O)c1ccc(N=Cc2ccc(Sc3nc(-c4ccccc4)cc(C(F)(F)F)n3)c([N+](=O)[O-])c2)cc1. The summed E-state index contributed by atoms with van der Waals surface area (Å²) < 4.78 is 45.5. The maximum absolute atomic E-state index is 13.5. The fraction of sp³-hybridized carbons (Fsp3) is 0.111. The van der Waals surface area contributed by atoms with Gasteiger partial charge in [0, 0.05) is 17.8 Å². The van der Waals surface area contributed by atoms with Gasteiger partial charge in [-0.2, -0.15) is 13.2 Å². The molecule has 0 saturated heterocycles. The second kappa shape index (κ2) is 11.9. The molecule has 0 atom stereocenters. The minimum atomic E-state index is -4.73. The molecule has 0 spiro atoms. The third-order valence-electron chi connectivity index (χ3n) is 5.19. The summed E-state index contributed by atoms with van der Waals surface area (Å²) >= 11 is 0.661. The molecule has 8 nitrogen and oxygen atoms in total. The topological polar surface area (TPSA) is 108 Å². The summed E-state index contributed by atoms with van der Waals surface area (Å²) in [5.41, 5.74) is 0.234. The minimum absolute atomic E-state index is 0.0424. The maximum atomic E-state index is 13.5. The van der Waals surface area contributed by atoms with Gasteiger partial charge in [-0.1, -0.05) is 36.4 Å². The average molecular weight is 553 g/mol. The molecule has 4 rings (SSSR count). The van der Waals surface area contributed by atoms with Crippen molar-refractivity contribution < 1.29 is 27.6 Å².